The molecule has 106 valence electrons. The summed E-state index contributed by atoms with van der Waals surface area (Å²) in [7, 11) is 0. The van der Waals surface area contributed by atoms with E-state index in [0.717, 1.165) is 6.42 Å². The Hall–Kier alpha value is -2.37. The van der Waals surface area contributed by atoms with Gasteiger partial charge in [-0.15, -0.1) is 0 Å². The van der Waals surface area contributed by atoms with Crippen LogP contribution >= 0.6 is 0 Å². The Morgan fingerprint density at radius 2 is 1.75 bits per heavy atom. The standard InChI is InChI=1S/C14H17N3O3/c1-4-14(2,3)17-11(18)8-5-6-9-10(7-8)16-13(20)12(19)15-9/h5-7H,4H2,1-3H3,(H,15,19)(H,16,20)(H,17,18). The average Bonchev–Trinajstić information content (AvgIpc) is 2.39. The molecule has 1 heterocycles. The van der Waals surface area contributed by atoms with Gasteiger partial charge in [-0.25, -0.2) is 0 Å². The lowest BCUT2D eigenvalue weighted by Crippen LogP contribution is -2.42. The molecule has 0 aliphatic rings. The fourth-order valence-corrected chi connectivity index (χ4v) is 1.72. The molecule has 0 radical (unpaired) electrons. The van der Waals surface area contributed by atoms with E-state index in [4.69, 9.17) is 0 Å². The van der Waals surface area contributed by atoms with Crippen molar-refractivity contribution >= 4 is 16.9 Å². The highest BCUT2D eigenvalue weighted by Gasteiger charge is 2.19. The number of aromatic nitrogens is 2. The van der Waals surface area contributed by atoms with Crippen LogP contribution in [0.2, 0.25) is 0 Å². The van der Waals surface area contributed by atoms with Gasteiger partial charge in [-0.1, -0.05) is 6.92 Å². The van der Waals surface area contributed by atoms with Gasteiger partial charge in [-0.05, 0) is 38.5 Å². The van der Waals surface area contributed by atoms with Crippen molar-refractivity contribution < 1.29 is 4.79 Å². The van der Waals surface area contributed by atoms with Gasteiger partial charge in [0.2, 0.25) is 0 Å². The third-order valence-corrected chi connectivity index (χ3v) is 3.32. The maximum absolute atomic E-state index is 12.1. The average molecular weight is 275 g/mol. The third-order valence-electron chi connectivity index (χ3n) is 3.32. The molecule has 1 aromatic heterocycles. The molecule has 1 aromatic carbocycles. The van der Waals surface area contributed by atoms with Crippen molar-refractivity contribution in [3.63, 3.8) is 0 Å². The maximum atomic E-state index is 12.1. The summed E-state index contributed by atoms with van der Waals surface area (Å²) in [6.45, 7) is 5.86. The lowest BCUT2D eigenvalue weighted by molar-refractivity contribution is 0.0911. The first kappa shape index (κ1) is 14.0. The molecule has 0 bridgehead atoms. The van der Waals surface area contributed by atoms with Crippen LogP contribution in [0.15, 0.2) is 27.8 Å². The van der Waals surface area contributed by atoms with Crippen LogP contribution in [0.25, 0.3) is 11.0 Å². The highest BCUT2D eigenvalue weighted by atomic mass is 16.2. The minimum Gasteiger partial charge on any atom is -0.347 e. The van der Waals surface area contributed by atoms with Gasteiger partial charge in [0.1, 0.15) is 0 Å². The molecular weight excluding hydrogens is 258 g/mol. The first-order chi connectivity index (χ1) is 9.32. The van der Waals surface area contributed by atoms with E-state index in [0.29, 0.717) is 16.6 Å². The number of aromatic amines is 2. The molecule has 1 amide bonds. The molecule has 3 N–H and O–H groups in total. The molecule has 0 spiro atoms. The second-order valence-electron chi connectivity index (χ2n) is 5.36. The zero-order valence-corrected chi connectivity index (χ0v) is 11.7. The highest BCUT2D eigenvalue weighted by Crippen LogP contribution is 2.12. The summed E-state index contributed by atoms with van der Waals surface area (Å²) < 4.78 is 0. The molecule has 0 fully saturated rings. The molecular formula is C14H17N3O3. The van der Waals surface area contributed by atoms with Gasteiger partial charge in [-0.2, -0.15) is 0 Å². The first-order valence-corrected chi connectivity index (χ1v) is 6.41. The fraction of sp³-hybridized carbons (Fsp3) is 0.357. The number of carbonyl (C=O) groups excluding carboxylic acids is 1. The van der Waals surface area contributed by atoms with Crippen molar-refractivity contribution in [2.75, 3.05) is 0 Å². The zero-order chi connectivity index (χ0) is 14.9. The number of nitrogens with one attached hydrogen (secondary N) is 3. The number of fused-ring (bicyclic) bond motifs is 1. The van der Waals surface area contributed by atoms with Crippen LogP contribution < -0.4 is 16.4 Å². The largest absolute Gasteiger partial charge is 0.347 e. The lowest BCUT2D eigenvalue weighted by Gasteiger charge is -2.24. The van der Waals surface area contributed by atoms with E-state index in [1.54, 1.807) is 18.2 Å². The molecule has 2 rings (SSSR count). The molecule has 0 saturated carbocycles. The normalized spacial score (nSPS) is 11.6. The summed E-state index contributed by atoms with van der Waals surface area (Å²) in [5.41, 5.74) is -0.394. The predicted octanol–water partition coefficient (Wildman–Crippen LogP) is 1.13. The van der Waals surface area contributed by atoms with E-state index >= 15 is 0 Å². The molecule has 20 heavy (non-hydrogen) atoms. The quantitative estimate of drug-likeness (QED) is 0.733. The molecule has 0 aliphatic heterocycles. The van der Waals surface area contributed by atoms with Gasteiger partial charge in [0.15, 0.2) is 0 Å². The number of hydrogen-bond donors (Lipinski definition) is 3. The number of benzene rings is 1. The summed E-state index contributed by atoms with van der Waals surface area (Å²) in [4.78, 5) is 39.5. The van der Waals surface area contributed by atoms with Crippen LogP contribution in [0.3, 0.4) is 0 Å². The van der Waals surface area contributed by atoms with Crippen LogP contribution in [0.1, 0.15) is 37.6 Å². The summed E-state index contributed by atoms with van der Waals surface area (Å²) in [6, 6.07) is 4.76. The van der Waals surface area contributed by atoms with E-state index in [1.807, 2.05) is 20.8 Å². The van der Waals surface area contributed by atoms with Crippen molar-refractivity contribution in [3.8, 4) is 0 Å². The molecule has 2 aromatic rings. The van der Waals surface area contributed by atoms with Crippen molar-refractivity contribution in [1.82, 2.24) is 15.3 Å². The monoisotopic (exact) mass is 275 g/mol. The first-order valence-electron chi connectivity index (χ1n) is 6.41. The van der Waals surface area contributed by atoms with E-state index in [2.05, 4.69) is 15.3 Å². The molecule has 6 heteroatoms. The molecule has 0 unspecified atom stereocenters. The smallest absolute Gasteiger partial charge is 0.314 e. The van der Waals surface area contributed by atoms with Crippen LogP contribution in [0.5, 0.6) is 0 Å². The van der Waals surface area contributed by atoms with Gasteiger partial charge < -0.3 is 15.3 Å². The van der Waals surface area contributed by atoms with Crippen molar-refractivity contribution in [2.45, 2.75) is 32.7 Å². The summed E-state index contributed by atoms with van der Waals surface area (Å²) in [5, 5.41) is 2.91. The minimum absolute atomic E-state index is 0.217. The van der Waals surface area contributed by atoms with Gasteiger partial charge in [0.05, 0.1) is 11.0 Å². The highest BCUT2D eigenvalue weighted by molar-refractivity contribution is 5.97. The summed E-state index contributed by atoms with van der Waals surface area (Å²) in [5.74, 6) is -0.217. The fourth-order valence-electron chi connectivity index (χ4n) is 1.72. The molecule has 0 saturated heterocycles. The molecule has 6 nitrogen and oxygen atoms in total. The van der Waals surface area contributed by atoms with Gasteiger partial charge in [-0.3, -0.25) is 14.4 Å². The summed E-state index contributed by atoms with van der Waals surface area (Å²) >= 11 is 0. The summed E-state index contributed by atoms with van der Waals surface area (Å²) in [6.07, 6.45) is 0.802. The van der Waals surface area contributed by atoms with Gasteiger partial charge in [0.25, 0.3) is 5.91 Å². The number of H-pyrrole nitrogens is 2. The Morgan fingerprint density at radius 1 is 1.15 bits per heavy atom. The van der Waals surface area contributed by atoms with E-state index in [9.17, 15) is 14.4 Å². The van der Waals surface area contributed by atoms with Gasteiger partial charge >= 0.3 is 11.1 Å². The second-order valence-corrected chi connectivity index (χ2v) is 5.36. The zero-order valence-electron chi connectivity index (χ0n) is 11.7. The molecule has 0 aliphatic carbocycles. The second kappa shape index (κ2) is 4.96. The number of hydrogen-bond acceptors (Lipinski definition) is 3. The van der Waals surface area contributed by atoms with E-state index in [1.165, 1.54) is 0 Å². The number of rotatable bonds is 3. The van der Waals surface area contributed by atoms with Crippen molar-refractivity contribution in [1.29, 1.82) is 0 Å². The van der Waals surface area contributed by atoms with E-state index < -0.39 is 11.1 Å². The Kier molecular flexibility index (Phi) is 3.48. The van der Waals surface area contributed by atoms with Crippen LogP contribution in [-0.2, 0) is 0 Å². The van der Waals surface area contributed by atoms with Crippen LogP contribution in [-0.4, -0.2) is 21.4 Å². The third kappa shape index (κ3) is 2.79. The van der Waals surface area contributed by atoms with Gasteiger partial charge in [0, 0.05) is 11.1 Å². The Bertz CT molecular complexity index is 771. The Labute approximate surface area is 115 Å². The lowest BCUT2D eigenvalue weighted by atomic mass is 10.0. The Morgan fingerprint density at radius 3 is 2.35 bits per heavy atom. The SMILES string of the molecule is CCC(C)(C)NC(=O)c1ccc2[nH]c(=O)c(=O)[nH]c2c1. The van der Waals surface area contributed by atoms with Crippen molar-refractivity contribution in [2.24, 2.45) is 0 Å². The van der Waals surface area contributed by atoms with E-state index in [-0.39, 0.29) is 11.4 Å². The molecule has 0 atom stereocenters. The topological polar surface area (TPSA) is 94.8 Å². The number of carbonyl (C=O) groups is 1. The number of amides is 1. The maximum Gasteiger partial charge on any atom is 0.314 e. The Balaban J connectivity index is 2.42. The predicted molar refractivity (Wildman–Crippen MR) is 77.0 cm³/mol. The van der Waals surface area contributed by atoms with Crippen molar-refractivity contribution in [3.05, 3.63) is 44.5 Å². The minimum atomic E-state index is -0.732. The van der Waals surface area contributed by atoms with Crippen LogP contribution in [0.4, 0.5) is 0 Å². The van der Waals surface area contributed by atoms with Crippen LogP contribution in [0, 0.1) is 0 Å².